The summed E-state index contributed by atoms with van der Waals surface area (Å²) in [6, 6.07) is 6.27. The van der Waals surface area contributed by atoms with Gasteiger partial charge in [0.25, 0.3) is 0 Å². The van der Waals surface area contributed by atoms with Gasteiger partial charge in [-0.15, -0.1) is 0 Å². The normalized spacial score (nSPS) is 9.73. The van der Waals surface area contributed by atoms with Crippen molar-refractivity contribution in [2.45, 2.75) is 0 Å². The van der Waals surface area contributed by atoms with E-state index in [4.69, 9.17) is 5.26 Å². The number of nitriles is 1. The third-order valence-electron chi connectivity index (χ3n) is 2.15. The minimum absolute atomic E-state index is 0.348. The van der Waals surface area contributed by atoms with E-state index in [2.05, 4.69) is 5.32 Å². The molecule has 3 nitrogen and oxygen atoms in total. The first-order chi connectivity index (χ1) is 7.17. The fourth-order valence-corrected chi connectivity index (χ4v) is 1.27. The standard InChI is InChI=1S/C11H14FN3/c1-14-3-4-15(2)11-6-9(8-13)5-10(12)7-11/h5-7,14H,3-4H2,1-2H3. The fraction of sp³-hybridized carbons (Fsp3) is 0.364. The second-order valence-electron chi connectivity index (χ2n) is 3.34. The number of hydrogen-bond acceptors (Lipinski definition) is 3. The number of benzene rings is 1. The van der Waals surface area contributed by atoms with Crippen LogP contribution in [0.25, 0.3) is 0 Å². The lowest BCUT2D eigenvalue weighted by Crippen LogP contribution is -2.27. The third-order valence-corrected chi connectivity index (χ3v) is 2.15. The Morgan fingerprint density at radius 3 is 2.80 bits per heavy atom. The lowest BCUT2D eigenvalue weighted by Gasteiger charge is -2.19. The molecule has 4 heteroatoms. The molecule has 0 spiro atoms. The van der Waals surface area contributed by atoms with Crippen molar-refractivity contribution >= 4 is 5.69 Å². The number of anilines is 1. The molecule has 0 heterocycles. The molecule has 1 aromatic rings. The molecule has 0 aliphatic heterocycles. The average Bonchev–Trinajstić information content (AvgIpc) is 2.24. The quantitative estimate of drug-likeness (QED) is 0.810. The molecule has 0 saturated heterocycles. The Morgan fingerprint density at radius 2 is 2.20 bits per heavy atom. The molecule has 0 aromatic heterocycles. The summed E-state index contributed by atoms with van der Waals surface area (Å²) >= 11 is 0. The second-order valence-corrected chi connectivity index (χ2v) is 3.34. The zero-order valence-corrected chi connectivity index (χ0v) is 8.92. The summed E-state index contributed by atoms with van der Waals surface area (Å²) in [7, 11) is 3.73. The zero-order valence-electron chi connectivity index (χ0n) is 8.92. The Labute approximate surface area is 89.1 Å². The largest absolute Gasteiger partial charge is 0.373 e. The smallest absolute Gasteiger partial charge is 0.126 e. The molecule has 0 bridgehead atoms. The van der Waals surface area contributed by atoms with Crippen LogP contribution in [0.3, 0.4) is 0 Å². The van der Waals surface area contributed by atoms with Gasteiger partial charge in [-0.25, -0.2) is 4.39 Å². The molecule has 0 saturated carbocycles. The molecule has 1 rings (SSSR count). The number of nitrogens with zero attached hydrogens (tertiary/aromatic N) is 2. The maximum atomic E-state index is 13.1. The van der Waals surface area contributed by atoms with Crippen molar-refractivity contribution < 1.29 is 4.39 Å². The van der Waals surface area contributed by atoms with E-state index in [1.165, 1.54) is 12.1 Å². The van der Waals surface area contributed by atoms with Crippen molar-refractivity contribution in [1.82, 2.24) is 5.32 Å². The van der Waals surface area contributed by atoms with Crippen LogP contribution in [0.1, 0.15) is 5.56 Å². The van der Waals surface area contributed by atoms with Crippen molar-refractivity contribution in [2.75, 3.05) is 32.1 Å². The van der Waals surface area contributed by atoms with E-state index < -0.39 is 0 Å². The highest BCUT2D eigenvalue weighted by atomic mass is 19.1. The first-order valence-electron chi connectivity index (χ1n) is 4.74. The van der Waals surface area contributed by atoms with Crippen LogP contribution in [0.15, 0.2) is 18.2 Å². The van der Waals surface area contributed by atoms with Crippen LogP contribution >= 0.6 is 0 Å². The van der Waals surface area contributed by atoms with Crippen LogP contribution in [-0.4, -0.2) is 27.2 Å². The fourth-order valence-electron chi connectivity index (χ4n) is 1.27. The molecule has 1 N–H and O–H groups in total. The highest BCUT2D eigenvalue weighted by Gasteiger charge is 2.04. The first-order valence-corrected chi connectivity index (χ1v) is 4.74. The van der Waals surface area contributed by atoms with E-state index in [0.717, 1.165) is 18.8 Å². The van der Waals surface area contributed by atoms with Gasteiger partial charge >= 0.3 is 0 Å². The number of nitrogens with one attached hydrogen (secondary N) is 1. The van der Waals surface area contributed by atoms with Crippen LogP contribution < -0.4 is 10.2 Å². The Kier molecular flexibility index (Phi) is 4.07. The molecule has 15 heavy (non-hydrogen) atoms. The highest BCUT2D eigenvalue weighted by molar-refractivity contribution is 5.51. The Hall–Kier alpha value is -1.60. The minimum Gasteiger partial charge on any atom is -0.373 e. The van der Waals surface area contributed by atoms with Gasteiger partial charge in [-0.05, 0) is 25.2 Å². The molecule has 0 amide bonds. The van der Waals surface area contributed by atoms with Gasteiger partial charge in [0.1, 0.15) is 5.82 Å². The van der Waals surface area contributed by atoms with Crippen LogP contribution in [-0.2, 0) is 0 Å². The Bertz CT molecular complexity index is 371. The van der Waals surface area contributed by atoms with Gasteiger partial charge < -0.3 is 10.2 Å². The van der Waals surface area contributed by atoms with Gasteiger partial charge in [0.15, 0.2) is 0 Å². The number of likely N-dealkylation sites (N-methyl/N-ethyl adjacent to an activating group) is 2. The van der Waals surface area contributed by atoms with Crippen LogP contribution in [0.5, 0.6) is 0 Å². The lowest BCUT2D eigenvalue weighted by molar-refractivity contribution is 0.626. The maximum absolute atomic E-state index is 13.1. The molecule has 0 aliphatic carbocycles. The molecular weight excluding hydrogens is 193 g/mol. The van der Waals surface area contributed by atoms with Crippen molar-refractivity contribution in [3.8, 4) is 6.07 Å². The summed E-state index contributed by atoms with van der Waals surface area (Å²) < 4.78 is 13.1. The SMILES string of the molecule is CNCCN(C)c1cc(F)cc(C#N)c1. The predicted octanol–water partition coefficient (Wildman–Crippen LogP) is 1.35. The van der Waals surface area contributed by atoms with E-state index in [0.29, 0.717) is 5.56 Å². The van der Waals surface area contributed by atoms with Gasteiger partial charge in [-0.1, -0.05) is 0 Å². The molecule has 80 valence electrons. The topological polar surface area (TPSA) is 39.1 Å². The average molecular weight is 207 g/mol. The molecule has 0 atom stereocenters. The third kappa shape index (κ3) is 3.22. The van der Waals surface area contributed by atoms with Crippen molar-refractivity contribution in [2.24, 2.45) is 0 Å². The van der Waals surface area contributed by atoms with Gasteiger partial charge in [0.05, 0.1) is 11.6 Å². The molecular formula is C11H14FN3. The first kappa shape index (κ1) is 11.5. The summed E-state index contributed by atoms with van der Waals surface area (Å²) in [5.41, 5.74) is 1.07. The number of hydrogen-bond donors (Lipinski definition) is 1. The molecule has 0 fully saturated rings. The van der Waals surface area contributed by atoms with E-state index in [9.17, 15) is 4.39 Å². The summed E-state index contributed by atoms with van der Waals surface area (Å²) in [6.07, 6.45) is 0. The van der Waals surface area contributed by atoms with E-state index in [1.54, 1.807) is 6.07 Å². The van der Waals surface area contributed by atoms with Gasteiger partial charge in [0.2, 0.25) is 0 Å². The van der Waals surface area contributed by atoms with E-state index in [-0.39, 0.29) is 5.82 Å². The lowest BCUT2D eigenvalue weighted by atomic mass is 10.2. The zero-order chi connectivity index (χ0) is 11.3. The summed E-state index contributed by atoms with van der Waals surface area (Å²) in [6.45, 7) is 1.58. The molecule has 1 aromatic carbocycles. The van der Waals surface area contributed by atoms with Crippen molar-refractivity contribution in [3.05, 3.63) is 29.6 Å². The molecule has 0 radical (unpaired) electrons. The van der Waals surface area contributed by atoms with E-state index in [1.807, 2.05) is 25.1 Å². The molecule has 0 unspecified atom stereocenters. The minimum atomic E-state index is -0.375. The summed E-state index contributed by atoms with van der Waals surface area (Å²) in [5.74, 6) is -0.375. The highest BCUT2D eigenvalue weighted by Crippen LogP contribution is 2.16. The van der Waals surface area contributed by atoms with E-state index >= 15 is 0 Å². The van der Waals surface area contributed by atoms with Crippen molar-refractivity contribution in [1.29, 1.82) is 5.26 Å². The second kappa shape index (κ2) is 5.32. The van der Waals surface area contributed by atoms with Gasteiger partial charge in [0, 0.05) is 25.8 Å². The predicted molar refractivity (Wildman–Crippen MR) is 58.3 cm³/mol. The molecule has 0 aliphatic rings. The summed E-state index contributed by atoms with van der Waals surface area (Å²) in [4.78, 5) is 1.90. The van der Waals surface area contributed by atoms with Gasteiger partial charge in [-0.3, -0.25) is 0 Å². The Balaban J connectivity index is 2.84. The monoisotopic (exact) mass is 207 g/mol. The summed E-state index contributed by atoms with van der Waals surface area (Å²) in [5, 5.41) is 11.7. The van der Waals surface area contributed by atoms with Crippen LogP contribution in [0, 0.1) is 17.1 Å². The van der Waals surface area contributed by atoms with Gasteiger partial charge in [-0.2, -0.15) is 5.26 Å². The number of halogens is 1. The Morgan fingerprint density at radius 1 is 1.47 bits per heavy atom. The van der Waals surface area contributed by atoms with Crippen molar-refractivity contribution in [3.63, 3.8) is 0 Å². The van der Waals surface area contributed by atoms with Crippen LogP contribution in [0.2, 0.25) is 0 Å². The van der Waals surface area contributed by atoms with Crippen LogP contribution in [0.4, 0.5) is 10.1 Å². The number of rotatable bonds is 4. The maximum Gasteiger partial charge on any atom is 0.126 e.